The summed E-state index contributed by atoms with van der Waals surface area (Å²) in [4.78, 5) is 46.6. The van der Waals surface area contributed by atoms with E-state index in [4.69, 9.17) is 4.74 Å². The molecule has 2 heterocycles. The SMILES string of the molecule is C=CCOc1ccc(/C(O)=C2\C(=O)C(=O)N(CCCN(C)C)C23C(=O)N(CCC)c2ccccc23)cc1C. The van der Waals surface area contributed by atoms with E-state index >= 15 is 0 Å². The fraction of sp³-hybridized carbons (Fsp3) is 0.367. The van der Waals surface area contributed by atoms with Crippen LogP contribution in [0.5, 0.6) is 5.75 Å². The molecule has 1 fully saturated rings. The van der Waals surface area contributed by atoms with Gasteiger partial charge in [0.05, 0.1) is 11.3 Å². The second-order valence-corrected chi connectivity index (χ2v) is 9.93. The summed E-state index contributed by atoms with van der Waals surface area (Å²) in [6.45, 7) is 9.05. The highest BCUT2D eigenvalue weighted by molar-refractivity contribution is 6.50. The molecule has 2 aromatic rings. The Morgan fingerprint density at radius 1 is 1.13 bits per heavy atom. The highest BCUT2D eigenvalue weighted by Gasteiger charge is 2.66. The number of anilines is 1. The van der Waals surface area contributed by atoms with Gasteiger partial charge in [-0.25, -0.2) is 0 Å². The average Bonchev–Trinajstić information content (AvgIpc) is 3.26. The standard InChI is InChI=1S/C30H35N3O5/c1-6-15-32-23-12-9-8-11-22(23)30(29(32)37)25(27(35)28(36)33(30)17-10-16-31(4)5)26(34)21-13-14-24(20(3)19-21)38-18-7-2/h7-9,11-14,19,34H,2,6,10,15-18H2,1,3-5H3/b26-25-. The predicted molar refractivity (Wildman–Crippen MR) is 147 cm³/mol. The van der Waals surface area contributed by atoms with Crippen molar-refractivity contribution < 1.29 is 24.2 Å². The van der Waals surface area contributed by atoms with E-state index in [2.05, 4.69) is 6.58 Å². The molecule has 1 unspecified atom stereocenters. The lowest BCUT2D eigenvalue weighted by Crippen LogP contribution is -2.52. The van der Waals surface area contributed by atoms with Gasteiger partial charge >= 0.3 is 0 Å². The number of hydrogen-bond acceptors (Lipinski definition) is 6. The van der Waals surface area contributed by atoms with Crippen LogP contribution >= 0.6 is 0 Å². The summed E-state index contributed by atoms with van der Waals surface area (Å²) in [5.74, 6) is -1.81. The fourth-order valence-electron chi connectivity index (χ4n) is 5.41. The number of amides is 2. The Morgan fingerprint density at radius 3 is 2.53 bits per heavy atom. The number of hydrogen-bond donors (Lipinski definition) is 1. The summed E-state index contributed by atoms with van der Waals surface area (Å²) in [6, 6.07) is 12.2. The molecule has 0 aliphatic carbocycles. The molecule has 1 saturated heterocycles. The zero-order chi connectivity index (χ0) is 27.6. The van der Waals surface area contributed by atoms with Crippen LogP contribution < -0.4 is 9.64 Å². The van der Waals surface area contributed by atoms with Crippen molar-refractivity contribution in [1.29, 1.82) is 0 Å². The number of ether oxygens (including phenoxy) is 1. The van der Waals surface area contributed by atoms with Crippen LogP contribution in [0.4, 0.5) is 5.69 Å². The number of ketones is 1. The molecule has 2 amide bonds. The van der Waals surface area contributed by atoms with Crippen molar-refractivity contribution in [3.05, 3.63) is 77.4 Å². The van der Waals surface area contributed by atoms with Crippen LogP contribution in [0.1, 0.15) is 36.5 Å². The molecule has 1 spiro atoms. The number of aryl methyl sites for hydroxylation is 1. The van der Waals surface area contributed by atoms with Crippen LogP contribution in [0.25, 0.3) is 5.76 Å². The zero-order valence-electron chi connectivity index (χ0n) is 22.5. The van der Waals surface area contributed by atoms with Gasteiger partial charge in [0.25, 0.3) is 17.6 Å². The first-order valence-electron chi connectivity index (χ1n) is 12.9. The van der Waals surface area contributed by atoms with Crippen LogP contribution in [-0.2, 0) is 19.9 Å². The maximum atomic E-state index is 14.4. The van der Waals surface area contributed by atoms with Gasteiger partial charge in [0.2, 0.25) is 0 Å². The Labute approximate surface area is 223 Å². The first kappa shape index (κ1) is 27.1. The van der Waals surface area contributed by atoms with Gasteiger partial charge in [-0.2, -0.15) is 0 Å². The number of aliphatic hydroxyl groups excluding tert-OH is 1. The molecule has 1 atom stereocenters. The van der Waals surface area contributed by atoms with Crippen LogP contribution in [0.3, 0.4) is 0 Å². The van der Waals surface area contributed by atoms with Gasteiger partial charge in [-0.05, 0) is 70.2 Å². The Balaban J connectivity index is 1.95. The Morgan fingerprint density at radius 2 is 1.87 bits per heavy atom. The highest BCUT2D eigenvalue weighted by Crippen LogP contribution is 2.53. The van der Waals surface area contributed by atoms with Crippen molar-refractivity contribution in [2.24, 2.45) is 0 Å². The van der Waals surface area contributed by atoms with Crippen LogP contribution in [0, 0.1) is 6.92 Å². The minimum absolute atomic E-state index is 0.187. The van der Waals surface area contributed by atoms with E-state index in [0.29, 0.717) is 55.1 Å². The summed E-state index contributed by atoms with van der Waals surface area (Å²) in [5.41, 5.74) is 0.319. The molecular weight excluding hydrogens is 482 g/mol. The molecule has 0 saturated carbocycles. The highest BCUT2D eigenvalue weighted by atomic mass is 16.5. The molecule has 38 heavy (non-hydrogen) atoms. The molecular formula is C30H35N3O5. The maximum Gasteiger partial charge on any atom is 0.296 e. The van der Waals surface area contributed by atoms with E-state index in [0.717, 1.165) is 5.56 Å². The lowest BCUT2D eigenvalue weighted by molar-refractivity contribution is -0.143. The summed E-state index contributed by atoms with van der Waals surface area (Å²) in [7, 11) is 3.85. The van der Waals surface area contributed by atoms with E-state index in [9.17, 15) is 19.5 Å². The molecule has 2 aliphatic heterocycles. The second kappa shape index (κ2) is 10.8. The van der Waals surface area contributed by atoms with Gasteiger partial charge in [-0.3, -0.25) is 14.4 Å². The summed E-state index contributed by atoms with van der Waals surface area (Å²) in [5, 5.41) is 11.7. The Hall–Kier alpha value is -3.91. The Bertz CT molecular complexity index is 1310. The molecule has 4 rings (SSSR count). The molecule has 2 aliphatic rings. The van der Waals surface area contributed by atoms with Crippen molar-refractivity contribution in [2.75, 3.05) is 45.2 Å². The van der Waals surface area contributed by atoms with Crippen LogP contribution in [0.15, 0.2) is 60.7 Å². The summed E-state index contributed by atoms with van der Waals surface area (Å²) >= 11 is 0. The van der Waals surface area contributed by atoms with E-state index in [1.54, 1.807) is 41.3 Å². The van der Waals surface area contributed by atoms with E-state index in [1.807, 2.05) is 45.0 Å². The molecule has 0 radical (unpaired) electrons. The minimum Gasteiger partial charge on any atom is -0.507 e. The number of Topliss-reactive ketones (excluding diaryl/α,β-unsaturated/α-hetero) is 1. The van der Waals surface area contributed by atoms with Crippen molar-refractivity contribution in [2.45, 2.75) is 32.2 Å². The third kappa shape index (κ3) is 4.28. The molecule has 8 heteroatoms. The minimum atomic E-state index is -1.73. The second-order valence-electron chi connectivity index (χ2n) is 9.93. The zero-order valence-corrected chi connectivity index (χ0v) is 22.5. The third-order valence-corrected chi connectivity index (χ3v) is 7.05. The van der Waals surface area contributed by atoms with E-state index in [-0.39, 0.29) is 17.9 Å². The topological polar surface area (TPSA) is 90.4 Å². The lowest BCUT2D eigenvalue weighted by atomic mass is 9.81. The van der Waals surface area contributed by atoms with Crippen molar-refractivity contribution in [3.8, 4) is 5.75 Å². The van der Waals surface area contributed by atoms with Gasteiger partial charge in [0.15, 0.2) is 5.54 Å². The number of nitrogens with zero attached hydrogens (tertiary/aromatic N) is 3. The molecule has 1 N–H and O–H groups in total. The van der Waals surface area contributed by atoms with Crippen molar-refractivity contribution in [1.82, 2.24) is 9.80 Å². The first-order valence-corrected chi connectivity index (χ1v) is 12.9. The lowest BCUT2D eigenvalue weighted by Gasteiger charge is -2.34. The van der Waals surface area contributed by atoms with E-state index < -0.39 is 23.1 Å². The predicted octanol–water partition coefficient (Wildman–Crippen LogP) is 3.84. The van der Waals surface area contributed by atoms with Gasteiger partial charge < -0.3 is 24.5 Å². The smallest absolute Gasteiger partial charge is 0.296 e. The normalized spacial score (nSPS) is 20.1. The number of para-hydroxylation sites is 1. The summed E-state index contributed by atoms with van der Waals surface area (Å²) < 4.78 is 5.65. The van der Waals surface area contributed by atoms with Gasteiger partial charge in [0.1, 0.15) is 18.1 Å². The average molecular weight is 518 g/mol. The van der Waals surface area contributed by atoms with Crippen LogP contribution in [-0.4, -0.2) is 72.8 Å². The first-order chi connectivity index (χ1) is 18.2. The van der Waals surface area contributed by atoms with Crippen molar-refractivity contribution in [3.63, 3.8) is 0 Å². The maximum absolute atomic E-state index is 14.4. The largest absolute Gasteiger partial charge is 0.507 e. The third-order valence-electron chi connectivity index (χ3n) is 7.05. The molecule has 8 nitrogen and oxygen atoms in total. The number of aliphatic hydroxyl groups is 1. The van der Waals surface area contributed by atoms with Gasteiger partial charge in [-0.15, -0.1) is 0 Å². The number of fused-ring (bicyclic) bond motifs is 2. The van der Waals surface area contributed by atoms with Gasteiger partial charge in [-0.1, -0.05) is 37.8 Å². The van der Waals surface area contributed by atoms with E-state index in [1.165, 1.54) is 4.90 Å². The van der Waals surface area contributed by atoms with Gasteiger partial charge in [0, 0.05) is 24.2 Å². The number of carbonyl (C=O) groups is 3. The monoisotopic (exact) mass is 517 g/mol. The number of benzene rings is 2. The molecule has 0 aromatic heterocycles. The van der Waals surface area contributed by atoms with Crippen LogP contribution in [0.2, 0.25) is 0 Å². The molecule has 0 bridgehead atoms. The quantitative estimate of drug-likeness (QED) is 0.223. The Kier molecular flexibility index (Phi) is 7.73. The summed E-state index contributed by atoms with van der Waals surface area (Å²) in [6.07, 6.45) is 2.88. The number of likely N-dealkylation sites (tertiary alicyclic amines) is 1. The fourth-order valence-corrected chi connectivity index (χ4v) is 5.41. The number of rotatable bonds is 10. The number of carbonyl (C=O) groups excluding carboxylic acids is 3. The van der Waals surface area contributed by atoms with Crippen molar-refractivity contribution >= 4 is 29.0 Å². The molecule has 200 valence electrons. The molecule has 2 aromatic carbocycles.